The molecule has 1 aliphatic carbocycles. The van der Waals surface area contributed by atoms with E-state index in [0.717, 1.165) is 17.3 Å². The maximum atomic E-state index is 3.60. The van der Waals surface area contributed by atoms with Crippen LogP contribution in [0.5, 0.6) is 0 Å². The van der Waals surface area contributed by atoms with E-state index < -0.39 is 6.15 Å². The predicted octanol–water partition coefficient (Wildman–Crippen LogP) is 4.73. The Labute approximate surface area is 164 Å². The number of hydrogen-bond donors (Lipinski definition) is 0. The maximum Gasteiger partial charge on any atom is 0.103 e. The van der Waals surface area contributed by atoms with Gasteiger partial charge in [-0.3, -0.25) is 0 Å². The first-order valence-corrected chi connectivity index (χ1v) is 10.00. The molecule has 3 aromatic rings. The minimum absolute atomic E-state index is 1.09. The van der Waals surface area contributed by atoms with E-state index in [1.807, 2.05) is 0 Å². The standard InChI is InChI=1S/C24H21BBr/c26-24-18-16-23(17-19-24)25(20-10-4-1-5-11-20,21-12-6-2-7-13-21)22-14-8-3-9-15-22/h1-8,10-14,16-19H,9,15H2/q-1. The molecule has 2 heteroatoms. The van der Waals surface area contributed by atoms with Crippen molar-refractivity contribution >= 4 is 38.5 Å². The van der Waals surface area contributed by atoms with Gasteiger partial charge < -0.3 is 0 Å². The number of allylic oxidation sites excluding steroid dienone is 4. The second-order valence-electron chi connectivity index (χ2n) is 6.95. The molecule has 0 saturated carbocycles. The van der Waals surface area contributed by atoms with Crippen LogP contribution in [0, 0.1) is 0 Å². The Morgan fingerprint density at radius 2 is 1.19 bits per heavy atom. The molecule has 4 rings (SSSR count). The molecule has 0 bridgehead atoms. The molecular formula is C24H21BBr-. The van der Waals surface area contributed by atoms with Gasteiger partial charge in [0.1, 0.15) is 6.15 Å². The third kappa shape index (κ3) is 2.99. The zero-order chi connectivity index (χ0) is 17.8. The minimum atomic E-state index is -1.16. The lowest BCUT2D eigenvalue weighted by Crippen LogP contribution is -2.68. The summed E-state index contributed by atoms with van der Waals surface area (Å²) in [6.07, 6.45) is 7.86. The zero-order valence-electron chi connectivity index (χ0n) is 14.7. The van der Waals surface area contributed by atoms with Gasteiger partial charge in [0.05, 0.1) is 0 Å². The van der Waals surface area contributed by atoms with Crippen molar-refractivity contribution in [3.8, 4) is 0 Å². The molecule has 0 heterocycles. The van der Waals surface area contributed by atoms with Crippen LogP contribution >= 0.6 is 15.9 Å². The third-order valence-corrected chi connectivity index (χ3v) is 6.10. The Hall–Kier alpha value is -2.32. The summed E-state index contributed by atoms with van der Waals surface area (Å²) in [4.78, 5) is 0. The molecule has 0 aliphatic heterocycles. The van der Waals surface area contributed by atoms with Gasteiger partial charge in [-0.1, -0.05) is 119 Å². The predicted molar refractivity (Wildman–Crippen MR) is 118 cm³/mol. The van der Waals surface area contributed by atoms with Gasteiger partial charge in [0.25, 0.3) is 0 Å². The fourth-order valence-corrected chi connectivity index (χ4v) is 4.70. The number of halogens is 1. The molecule has 0 N–H and O–H groups in total. The fraction of sp³-hybridized carbons (Fsp3) is 0.0833. The summed E-state index contributed by atoms with van der Waals surface area (Å²) in [6.45, 7) is 0. The van der Waals surface area contributed by atoms with Crippen LogP contribution in [0.1, 0.15) is 12.8 Å². The van der Waals surface area contributed by atoms with Gasteiger partial charge in [-0.25, -0.2) is 5.47 Å². The van der Waals surface area contributed by atoms with Crippen LogP contribution in [0.15, 0.2) is 113 Å². The van der Waals surface area contributed by atoms with E-state index in [9.17, 15) is 0 Å². The largest absolute Gasteiger partial charge is 0.217 e. The van der Waals surface area contributed by atoms with Gasteiger partial charge >= 0.3 is 0 Å². The molecule has 3 aromatic carbocycles. The number of benzene rings is 3. The summed E-state index contributed by atoms with van der Waals surface area (Å²) in [5.74, 6) is 0. The maximum absolute atomic E-state index is 3.60. The lowest BCUT2D eigenvalue weighted by molar-refractivity contribution is 1.01. The number of rotatable bonds is 4. The van der Waals surface area contributed by atoms with Crippen LogP contribution in [0.4, 0.5) is 0 Å². The molecule has 0 saturated heterocycles. The van der Waals surface area contributed by atoms with Crippen LogP contribution < -0.4 is 16.4 Å². The minimum Gasteiger partial charge on any atom is -0.217 e. The summed E-state index contributed by atoms with van der Waals surface area (Å²) in [7, 11) is 0. The van der Waals surface area contributed by atoms with Crippen molar-refractivity contribution in [1.29, 1.82) is 0 Å². The van der Waals surface area contributed by atoms with E-state index in [2.05, 4.69) is 119 Å². The summed E-state index contributed by atoms with van der Waals surface area (Å²) >= 11 is 3.60. The van der Waals surface area contributed by atoms with Gasteiger partial charge in [-0.15, -0.1) is 6.08 Å². The van der Waals surface area contributed by atoms with Gasteiger partial charge in [0.2, 0.25) is 0 Å². The summed E-state index contributed by atoms with van der Waals surface area (Å²) < 4.78 is 1.12. The van der Waals surface area contributed by atoms with E-state index in [-0.39, 0.29) is 0 Å². The van der Waals surface area contributed by atoms with Crippen molar-refractivity contribution in [2.45, 2.75) is 12.8 Å². The molecule has 0 atom stereocenters. The average Bonchev–Trinajstić information content (AvgIpc) is 2.72. The monoisotopic (exact) mass is 399 g/mol. The lowest BCUT2D eigenvalue weighted by atomic mass is 9.12. The smallest absolute Gasteiger partial charge is 0.103 e. The molecule has 1 aliphatic rings. The average molecular weight is 400 g/mol. The highest BCUT2D eigenvalue weighted by atomic mass is 79.9. The van der Waals surface area contributed by atoms with Crippen molar-refractivity contribution in [1.82, 2.24) is 0 Å². The Balaban J connectivity index is 2.08. The first-order valence-electron chi connectivity index (χ1n) is 9.20. The first-order chi connectivity index (χ1) is 12.8. The van der Waals surface area contributed by atoms with Crippen LogP contribution in [-0.4, -0.2) is 6.15 Å². The van der Waals surface area contributed by atoms with Gasteiger partial charge in [0.15, 0.2) is 0 Å². The van der Waals surface area contributed by atoms with Gasteiger partial charge in [0, 0.05) is 4.47 Å². The van der Waals surface area contributed by atoms with Crippen molar-refractivity contribution in [3.05, 3.63) is 113 Å². The molecule has 0 amide bonds. The normalized spacial score (nSPS) is 14.1. The van der Waals surface area contributed by atoms with E-state index in [4.69, 9.17) is 0 Å². The van der Waals surface area contributed by atoms with Gasteiger partial charge in [-0.05, 0) is 6.42 Å². The highest BCUT2D eigenvalue weighted by Gasteiger charge is 2.32. The van der Waals surface area contributed by atoms with E-state index in [1.54, 1.807) is 0 Å². The third-order valence-electron chi connectivity index (χ3n) is 5.57. The van der Waals surface area contributed by atoms with Crippen molar-refractivity contribution in [3.63, 3.8) is 0 Å². The quantitative estimate of drug-likeness (QED) is 0.556. The highest BCUT2D eigenvalue weighted by Crippen LogP contribution is 2.24. The van der Waals surface area contributed by atoms with Crippen molar-refractivity contribution in [2.24, 2.45) is 0 Å². The van der Waals surface area contributed by atoms with Crippen LogP contribution in [0.3, 0.4) is 0 Å². The summed E-state index contributed by atoms with van der Waals surface area (Å²) in [5.41, 5.74) is 5.63. The van der Waals surface area contributed by atoms with Gasteiger partial charge in [-0.2, -0.15) is 16.4 Å². The molecule has 0 spiro atoms. The first kappa shape index (κ1) is 17.1. The highest BCUT2D eigenvalue weighted by molar-refractivity contribution is 9.10. The molecule has 128 valence electrons. The van der Waals surface area contributed by atoms with E-state index in [0.29, 0.717) is 0 Å². The topological polar surface area (TPSA) is 0 Å². The zero-order valence-corrected chi connectivity index (χ0v) is 16.3. The Kier molecular flexibility index (Phi) is 4.94. The molecule has 0 fully saturated rings. The molecule has 0 radical (unpaired) electrons. The molecule has 0 aromatic heterocycles. The van der Waals surface area contributed by atoms with Crippen molar-refractivity contribution < 1.29 is 0 Å². The van der Waals surface area contributed by atoms with Crippen LogP contribution in [-0.2, 0) is 0 Å². The Bertz CT molecular complexity index is 885. The summed E-state index contributed by atoms with van der Waals surface area (Å²) in [5, 5.41) is 0. The lowest BCUT2D eigenvalue weighted by Gasteiger charge is -2.46. The fourth-order valence-electron chi connectivity index (χ4n) is 4.44. The van der Waals surface area contributed by atoms with Crippen molar-refractivity contribution in [2.75, 3.05) is 0 Å². The summed E-state index contributed by atoms with van der Waals surface area (Å²) in [6, 6.07) is 30.9. The molecular weight excluding hydrogens is 379 g/mol. The second kappa shape index (κ2) is 7.51. The number of hydrogen-bond acceptors (Lipinski definition) is 0. The second-order valence-corrected chi connectivity index (χ2v) is 7.86. The van der Waals surface area contributed by atoms with Crippen LogP contribution in [0.25, 0.3) is 0 Å². The van der Waals surface area contributed by atoms with E-state index in [1.165, 1.54) is 21.9 Å². The molecule has 0 nitrogen and oxygen atoms in total. The Morgan fingerprint density at radius 3 is 1.69 bits per heavy atom. The van der Waals surface area contributed by atoms with Crippen LogP contribution in [0.2, 0.25) is 0 Å². The molecule has 0 unspecified atom stereocenters. The van der Waals surface area contributed by atoms with E-state index >= 15 is 0 Å². The SMILES string of the molecule is Brc1ccc([B-](C2=CC=CCC2)(c2ccccc2)c2ccccc2)cc1. The Morgan fingerprint density at radius 1 is 0.654 bits per heavy atom. The molecule has 26 heavy (non-hydrogen) atoms.